The number of benzene rings is 1. The second-order valence-electron chi connectivity index (χ2n) is 5.57. The highest BCUT2D eigenvalue weighted by atomic mass is 16.6. The summed E-state index contributed by atoms with van der Waals surface area (Å²) < 4.78 is 13.4. The van der Waals surface area contributed by atoms with Crippen molar-refractivity contribution in [3.8, 4) is 0 Å². The van der Waals surface area contributed by atoms with E-state index < -0.39 is 6.69 Å². The summed E-state index contributed by atoms with van der Waals surface area (Å²) in [6.45, 7) is 6.03. The van der Waals surface area contributed by atoms with Crippen LogP contribution < -0.4 is 5.46 Å². The summed E-state index contributed by atoms with van der Waals surface area (Å²) in [7, 11) is 0. The van der Waals surface area contributed by atoms with Gasteiger partial charge in [0.2, 0.25) is 0 Å². The quantitative estimate of drug-likeness (QED) is 0.751. The molecule has 98 valence electrons. The molecule has 0 unspecified atom stereocenters. The van der Waals surface area contributed by atoms with Crippen LogP contribution in [0.2, 0.25) is 0 Å². The van der Waals surface area contributed by atoms with Crippen LogP contribution >= 0.6 is 0 Å². The third-order valence-electron chi connectivity index (χ3n) is 4.66. The topological polar surface area (TPSA) is 18.5 Å². The number of quaternary nitrogens is 1. The van der Waals surface area contributed by atoms with Gasteiger partial charge >= 0.3 is 6.69 Å². The normalized spacial score (nSPS) is 34.7. The van der Waals surface area contributed by atoms with E-state index in [9.17, 15) is 0 Å². The Morgan fingerprint density at radius 2 is 1.78 bits per heavy atom. The smallest absolute Gasteiger partial charge is 0.502 e. The Bertz CT molecular complexity index is 400. The minimum Gasteiger partial charge on any atom is -0.505 e. The zero-order valence-electron chi connectivity index (χ0n) is 11.2. The molecular formula is C14H22BNO2. The van der Waals surface area contributed by atoms with Crippen molar-refractivity contribution >= 4 is 12.1 Å². The Morgan fingerprint density at radius 1 is 1.11 bits per heavy atom. The predicted octanol–water partition coefficient (Wildman–Crippen LogP) is 1.51. The molecule has 0 radical (unpaired) electrons. The molecule has 0 N–H and O–H groups in total. The van der Waals surface area contributed by atoms with Gasteiger partial charge in [0.15, 0.2) is 0 Å². The van der Waals surface area contributed by atoms with Crippen LogP contribution in [0.4, 0.5) is 0 Å². The average molecular weight is 247 g/mol. The zero-order chi connectivity index (χ0) is 12.5. The lowest BCUT2D eigenvalue weighted by Crippen LogP contribution is -2.69. The van der Waals surface area contributed by atoms with E-state index in [-0.39, 0.29) is 0 Å². The second kappa shape index (κ2) is 4.69. The first kappa shape index (κ1) is 12.2. The zero-order valence-corrected chi connectivity index (χ0v) is 11.2. The van der Waals surface area contributed by atoms with Crippen LogP contribution in [0.15, 0.2) is 30.3 Å². The molecule has 0 atom stereocenters. The molecule has 1 aromatic rings. The van der Waals surface area contributed by atoms with Crippen molar-refractivity contribution < 1.29 is 13.7 Å². The molecule has 0 spiro atoms. The van der Waals surface area contributed by atoms with Gasteiger partial charge in [-0.2, -0.15) is 0 Å². The van der Waals surface area contributed by atoms with E-state index >= 15 is 0 Å². The maximum Gasteiger partial charge on any atom is 0.502 e. The summed E-state index contributed by atoms with van der Waals surface area (Å²) in [5, 5.41) is 0. The highest BCUT2D eigenvalue weighted by Crippen LogP contribution is 2.34. The number of rotatable bonds is 4. The molecule has 0 saturated carbocycles. The Kier molecular flexibility index (Phi) is 3.18. The van der Waals surface area contributed by atoms with Gasteiger partial charge in [0.1, 0.15) is 0 Å². The van der Waals surface area contributed by atoms with Crippen molar-refractivity contribution in [2.75, 3.05) is 32.8 Å². The highest BCUT2D eigenvalue weighted by molar-refractivity contribution is 6.75. The van der Waals surface area contributed by atoms with E-state index in [1.165, 1.54) is 24.8 Å². The Labute approximate surface area is 109 Å². The molecule has 0 bridgehead atoms. The van der Waals surface area contributed by atoms with Gasteiger partial charge in [-0.1, -0.05) is 49.1 Å². The predicted molar refractivity (Wildman–Crippen MR) is 73.5 cm³/mol. The van der Waals surface area contributed by atoms with Crippen molar-refractivity contribution in [2.45, 2.75) is 19.8 Å². The molecular weight excluding hydrogens is 225 g/mol. The molecule has 2 saturated heterocycles. The van der Waals surface area contributed by atoms with Crippen molar-refractivity contribution in [2.24, 2.45) is 0 Å². The molecule has 2 heterocycles. The molecule has 18 heavy (non-hydrogen) atoms. The lowest BCUT2D eigenvalue weighted by molar-refractivity contribution is -0.820. The van der Waals surface area contributed by atoms with Crippen LogP contribution in [0.1, 0.15) is 19.8 Å². The van der Waals surface area contributed by atoms with E-state index in [1.54, 1.807) is 0 Å². The van der Waals surface area contributed by atoms with Crippen LogP contribution in [0.5, 0.6) is 0 Å². The maximum atomic E-state index is 6.16. The van der Waals surface area contributed by atoms with E-state index in [4.69, 9.17) is 9.31 Å². The molecule has 0 aliphatic carbocycles. The van der Waals surface area contributed by atoms with Gasteiger partial charge in [0.25, 0.3) is 0 Å². The Balaban J connectivity index is 1.97. The minimum absolute atomic E-state index is 0.832. The van der Waals surface area contributed by atoms with Gasteiger partial charge < -0.3 is 13.7 Å². The van der Waals surface area contributed by atoms with Gasteiger partial charge in [0, 0.05) is 6.54 Å². The summed E-state index contributed by atoms with van der Waals surface area (Å²) in [5.74, 6) is 0. The molecule has 3 nitrogen and oxygen atoms in total. The number of fused-ring (bicyclic) bond motifs is 1. The fourth-order valence-electron chi connectivity index (χ4n) is 3.68. The fourth-order valence-corrected chi connectivity index (χ4v) is 3.68. The van der Waals surface area contributed by atoms with E-state index in [1.807, 2.05) is 0 Å². The van der Waals surface area contributed by atoms with E-state index in [0.717, 1.165) is 30.7 Å². The van der Waals surface area contributed by atoms with Gasteiger partial charge in [0.05, 0.1) is 26.3 Å². The molecule has 2 aliphatic heterocycles. The number of hydrogen-bond acceptors (Lipinski definition) is 2. The highest BCUT2D eigenvalue weighted by Gasteiger charge is 2.58. The summed E-state index contributed by atoms with van der Waals surface area (Å²) in [6, 6.07) is 10.6. The van der Waals surface area contributed by atoms with Crippen molar-refractivity contribution in [3.05, 3.63) is 30.3 Å². The minimum atomic E-state index is -1.29. The first-order valence-corrected chi connectivity index (χ1v) is 7.16. The molecule has 4 heteroatoms. The van der Waals surface area contributed by atoms with Gasteiger partial charge in [-0.05, 0) is 6.42 Å². The van der Waals surface area contributed by atoms with Crippen molar-refractivity contribution in [1.29, 1.82) is 0 Å². The third kappa shape index (κ3) is 1.63. The average Bonchev–Trinajstić information content (AvgIpc) is 2.93. The number of hydrogen-bond donors (Lipinski definition) is 0. The fraction of sp³-hybridized carbons (Fsp3) is 0.571. The summed E-state index contributed by atoms with van der Waals surface area (Å²) >= 11 is 0. The van der Waals surface area contributed by atoms with Gasteiger partial charge in [-0.25, -0.2) is 0 Å². The first-order chi connectivity index (χ1) is 8.83. The number of unbranched alkanes of at least 4 members (excludes halogenated alkanes) is 1. The monoisotopic (exact) mass is 247 g/mol. The molecule has 2 aliphatic rings. The summed E-state index contributed by atoms with van der Waals surface area (Å²) in [5.41, 5.74) is 1.24. The lowest BCUT2D eigenvalue weighted by Gasteiger charge is -2.47. The standard InChI is InChI=1S/C14H22BNO2/c1-2-3-9-16-10-12-17-15(16,18-13-11-16)14-7-5-4-6-8-14/h4-8H,2-3,9-13H2,1H3. The number of nitrogens with zero attached hydrogens (tertiary/aromatic N) is 1. The second-order valence-corrected chi connectivity index (χ2v) is 5.57. The third-order valence-corrected chi connectivity index (χ3v) is 4.66. The van der Waals surface area contributed by atoms with Crippen LogP contribution in [-0.2, 0) is 9.31 Å². The molecule has 2 fully saturated rings. The van der Waals surface area contributed by atoms with Crippen LogP contribution in [0.25, 0.3) is 0 Å². The maximum absolute atomic E-state index is 6.16. The SMILES string of the molecule is CCCC[N+]12CCO[B-]1(c1ccccc1)OCC2. The largest absolute Gasteiger partial charge is 0.505 e. The lowest BCUT2D eigenvalue weighted by atomic mass is 9.60. The Hall–Kier alpha value is -0.835. The molecule has 3 rings (SSSR count). The van der Waals surface area contributed by atoms with Crippen molar-refractivity contribution in [3.63, 3.8) is 0 Å². The summed E-state index contributed by atoms with van der Waals surface area (Å²) in [4.78, 5) is 0. The van der Waals surface area contributed by atoms with Crippen molar-refractivity contribution in [1.82, 2.24) is 0 Å². The molecule has 0 aromatic heterocycles. The van der Waals surface area contributed by atoms with Gasteiger partial charge in [-0.3, -0.25) is 0 Å². The molecule has 1 aromatic carbocycles. The van der Waals surface area contributed by atoms with Crippen LogP contribution in [0, 0.1) is 0 Å². The first-order valence-electron chi connectivity index (χ1n) is 7.16. The van der Waals surface area contributed by atoms with E-state index in [2.05, 4.69) is 37.3 Å². The van der Waals surface area contributed by atoms with Crippen LogP contribution in [0.3, 0.4) is 0 Å². The van der Waals surface area contributed by atoms with Gasteiger partial charge in [-0.15, -0.1) is 0 Å². The summed E-state index contributed by atoms with van der Waals surface area (Å²) in [6.07, 6.45) is 2.49. The van der Waals surface area contributed by atoms with E-state index in [0.29, 0.717) is 0 Å². The Morgan fingerprint density at radius 3 is 2.39 bits per heavy atom. The molecule has 0 amide bonds. The van der Waals surface area contributed by atoms with Crippen LogP contribution in [-0.4, -0.2) is 43.9 Å².